The van der Waals surface area contributed by atoms with Crippen LogP contribution in [0.1, 0.15) is 23.7 Å². The van der Waals surface area contributed by atoms with Crippen LogP contribution in [0.25, 0.3) is 0 Å². The van der Waals surface area contributed by atoms with Crippen LogP contribution in [-0.4, -0.2) is 11.9 Å². The number of esters is 2. The molecule has 0 spiro atoms. The van der Waals surface area contributed by atoms with Crippen molar-refractivity contribution in [3.63, 3.8) is 0 Å². The normalized spacial score (nSPS) is 28.7. The fraction of sp³-hybridized carbons (Fsp3) is 0.200. The van der Waals surface area contributed by atoms with E-state index in [9.17, 15) is 9.59 Å². The Balaban J connectivity index is 1.82. The third-order valence-corrected chi connectivity index (χ3v) is 4.65. The first kappa shape index (κ1) is 14.7. The molecule has 2 aliphatic rings. The molecular weight excluding hydrogens is 304 g/mol. The van der Waals surface area contributed by atoms with Crippen LogP contribution in [0.5, 0.6) is 0 Å². The summed E-state index contributed by atoms with van der Waals surface area (Å²) in [5.41, 5.74) is 0.765. The van der Waals surface area contributed by atoms with Gasteiger partial charge in [-0.25, -0.2) is 4.79 Å². The van der Waals surface area contributed by atoms with E-state index in [4.69, 9.17) is 9.47 Å². The van der Waals surface area contributed by atoms with E-state index in [0.717, 1.165) is 11.1 Å². The van der Waals surface area contributed by atoms with E-state index < -0.39 is 17.7 Å². The molecule has 2 heterocycles. The van der Waals surface area contributed by atoms with Crippen molar-refractivity contribution in [2.45, 2.75) is 18.1 Å². The summed E-state index contributed by atoms with van der Waals surface area (Å²) in [6, 6.07) is 19.1. The van der Waals surface area contributed by atoms with Crippen LogP contribution < -0.4 is 0 Å². The van der Waals surface area contributed by atoms with Gasteiger partial charge in [0.05, 0.1) is 12.3 Å². The van der Waals surface area contributed by atoms with Gasteiger partial charge in [0.1, 0.15) is 6.10 Å². The van der Waals surface area contributed by atoms with Crippen LogP contribution in [0.2, 0.25) is 0 Å². The highest BCUT2D eigenvalue weighted by atomic mass is 16.6. The van der Waals surface area contributed by atoms with Gasteiger partial charge in [0, 0.05) is 6.08 Å². The van der Waals surface area contributed by atoms with Crippen LogP contribution >= 0.6 is 0 Å². The minimum absolute atomic E-state index is 0.200. The summed E-state index contributed by atoms with van der Waals surface area (Å²) in [5.74, 6) is -0.983. The average molecular weight is 320 g/mol. The van der Waals surface area contributed by atoms with Gasteiger partial charge in [-0.05, 0) is 17.2 Å². The van der Waals surface area contributed by atoms with Crippen molar-refractivity contribution in [2.75, 3.05) is 0 Å². The summed E-state index contributed by atoms with van der Waals surface area (Å²) in [7, 11) is 0. The monoisotopic (exact) mass is 320 g/mol. The molecule has 120 valence electrons. The third kappa shape index (κ3) is 2.31. The Bertz CT molecular complexity index is 797. The molecule has 4 nitrogen and oxygen atoms in total. The molecule has 3 atom stereocenters. The van der Waals surface area contributed by atoms with Crippen LogP contribution in [-0.2, 0) is 24.7 Å². The van der Waals surface area contributed by atoms with E-state index in [1.165, 1.54) is 6.08 Å². The quantitative estimate of drug-likeness (QED) is 0.814. The van der Waals surface area contributed by atoms with Crippen molar-refractivity contribution in [2.24, 2.45) is 5.92 Å². The summed E-state index contributed by atoms with van der Waals surface area (Å²) in [5, 5.41) is 0. The molecule has 3 unspecified atom stereocenters. The molecule has 1 fully saturated rings. The molecule has 4 rings (SSSR count). The second kappa shape index (κ2) is 5.64. The van der Waals surface area contributed by atoms with Gasteiger partial charge in [0.2, 0.25) is 0 Å². The van der Waals surface area contributed by atoms with Crippen LogP contribution in [0, 0.1) is 5.92 Å². The zero-order chi connectivity index (χ0) is 16.6. The van der Waals surface area contributed by atoms with Crippen molar-refractivity contribution in [3.05, 3.63) is 83.9 Å². The van der Waals surface area contributed by atoms with Crippen LogP contribution in [0.4, 0.5) is 0 Å². The van der Waals surface area contributed by atoms with E-state index in [1.807, 2.05) is 60.7 Å². The number of hydrogen-bond acceptors (Lipinski definition) is 4. The molecule has 0 N–H and O–H groups in total. The summed E-state index contributed by atoms with van der Waals surface area (Å²) in [6.07, 6.45) is 2.94. The van der Waals surface area contributed by atoms with Gasteiger partial charge in [-0.3, -0.25) is 4.79 Å². The first-order chi connectivity index (χ1) is 11.7. The van der Waals surface area contributed by atoms with E-state index in [0.29, 0.717) is 0 Å². The molecule has 2 aliphatic heterocycles. The van der Waals surface area contributed by atoms with Crippen molar-refractivity contribution in [1.29, 1.82) is 0 Å². The van der Waals surface area contributed by atoms with Gasteiger partial charge in [-0.1, -0.05) is 60.7 Å². The Hall–Kier alpha value is -2.88. The minimum atomic E-state index is -0.981. The van der Waals surface area contributed by atoms with E-state index >= 15 is 0 Å². The fourth-order valence-electron chi connectivity index (χ4n) is 3.57. The predicted octanol–water partition coefficient (Wildman–Crippen LogP) is 3.30. The molecule has 0 bridgehead atoms. The highest BCUT2D eigenvalue weighted by Gasteiger charge is 2.54. The number of ether oxygens (including phenoxy) is 2. The Labute approximate surface area is 139 Å². The molecule has 2 aromatic rings. The fourth-order valence-corrected chi connectivity index (χ4v) is 3.57. The van der Waals surface area contributed by atoms with Crippen molar-refractivity contribution in [3.8, 4) is 0 Å². The lowest BCUT2D eigenvalue weighted by Gasteiger charge is -2.35. The van der Waals surface area contributed by atoms with Gasteiger partial charge in [-0.15, -0.1) is 0 Å². The Morgan fingerprint density at radius 3 is 2.21 bits per heavy atom. The maximum Gasteiger partial charge on any atom is 0.331 e. The molecular formula is C20H16O4. The number of rotatable bonds is 3. The second-order valence-corrected chi connectivity index (χ2v) is 6.05. The second-order valence-electron chi connectivity index (χ2n) is 6.05. The van der Waals surface area contributed by atoms with Crippen LogP contribution in [0.15, 0.2) is 72.8 Å². The number of carbonyl (C=O) groups is 2. The standard InChI is InChI=1S/C20H16O4/c21-17-11-12-20(24-17,15-9-5-2-6-10-15)16-13-18(22)23-19(16)14-7-3-1-4-8-14/h1-12,16,19H,13H2. The maximum atomic E-state index is 12.1. The third-order valence-electron chi connectivity index (χ3n) is 4.65. The molecule has 0 amide bonds. The average Bonchev–Trinajstić information content (AvgIpc) is 3.20. The number of cyclic esters (lactones) is 2. The molecule has 0 saturated carbocycles. The van der Waals surface area contributed by atoms with E-state index in [-0.39, 0.29) is 18.3 Å². The smallest absolute Gasteiger partial charge is 0.331 e. The summed E-state index contributed by atoms with van der Waals surface area (Å²) in [6.45, 7) is 0. The Kier molecular flexibility index (Phi) is 3.45. The van der Waals surface area contributed by atoms with Gasteiger partial charge in [-0.2, -0.15) is 0 Å². The topological polar surface area (TPSA) is 52.6 Å². The van der Waals surface area contributed by atoms with E-state index in [1.54, 1.807) is 6.08 Å². The lowest BCUT2D eigenvalue weighted by atomic mass is 9.76. The first-order valence-corrected chi connectivity index (χ1v) is 7.91. The van der Waals surface area contributed by atoms with Crippen molar-refractivity contribution >= 4 is 11.9 Å². The Morgan fingerprint density at radius 2 is 1.58 bits per heavy atom. The van der Waals surface area contributed by atoms with Gasteiger partial charge >= 0.3 is 11.9 Å². The highest BCUT2D eigenvalue weighted by Crippen LogP contribution is 2.50. The summed E-state index contributed by atoms with van der Waals surface area (Å²) < 4.78 is 11.3. The number of hydrogen-bond donors (Lipinski definition) is 0. The zero-order valence-corrected chi connectivity index (χ0v) is 12.9. The maximum absolute atomic E-state index is 12.1. The molecule has 24 heavy (non-hydrogen) atoms. The first-order valence-electron chi connectivity index (χ1n) is 7.91. The minimum Gasteiger partial charge on any atom is -0.457 e. The van der Waals surface area contributed by atoms with E-state index in [2.05, 4.69) is 0 Å². The molecule has 1 saturated heterocycles. The molecule has 0 aliphatic carbocycles. The SMILES string of the molecule is O=C1C=CC(c2ccccc2)(C2CC(=O)OC2c2ccccc2)O1. The van der Waals surface area contributed by atoms with Gasteiger partial charge in [0.15, 0.2) is 5.60 Å². The van der Waals surface area contributed by atoms with Crippen molar-refractivity contribution < 1.29 is 19.1 Å². The lowest BCUT2D eigenvalue weighted by molar-refractivity contribution is -0.153. The number of carbonyl (C=O) groups excluding carboxylic acids is 2. The molecule has 0 radical (unpaired) electrons. The highest BCUT2D eigenvalue weighted by molar-refractivity contribution is 5.86. The molecule has 4 heteroatoms. The van der Waals surface area contributed by atoms with Gasteiger partial charge < -0.3 is 9.47 Å². The largest absolute Gasteiger partial charge is 0.457 e. The molecule has 0 aromatic heterocycles. The predicted molar refractivity (Wildman–Crippen MR) is 86.7 cm³/mol. The Morgan fingerprint density at radius 1 is 0.917 bits per heavy atom. The van der Waals surface area contributed by atoms with Crippen LogP contribution in [0.3, 0.4) is 0 Å². The lowest BCUT2D eigenvalue weighted by Crippen LogP contribution is -2.36. The van der Waals surface area contributed by atoms with Crippen molar-refractivity contribution in [1.82, 2.24) is 0 Å². The summed E-state index contributed by atoms with van der Waals surface area (Å²) in [4.78, 5) is 23.9. The zero-order valence-electron chi connectivity index (χ0n) is 12.9. The van der Waals surface area contributed by atoms with Gasteiger partial charge in [0.25, 0.3) is 0 Å². The summed E-state index contributed by atoms with van der Waals surface area (Å²) >= 11 is 0. The molecule has 2 aromatic carbocycles. The number of benzene rings is 2.